The molecule has 2 aromatic carbocycles. The number of aliphatic hydroxyl groups is 1. The lowest BCUT2D eigenvalue weighted by Crippen LogP contribution is -2.34. The van der Waals surface area contributed by atoms with E-state index >= 15 is 0 Å². The highest BCUT2D eigenvalue weighted by molar-refractivity contribution is 5.91. The molecule has 126 valence electrons. The second-order valence-corrected chi connectivity index (χ2v) is 5.99. The lowest BCUT2D eigenvalue weighted by Gasteiger charge is -2.18. The Hall–Kier alpha value is -2.53. The molecule has 1 aliphatic rings. The Morgan fingerprint density at radius 3 is 2.54 bits per heavy atom. The van der Waals surface area contributed by atoms with Crippen LogP contribution in [0.5, 0.6) is 5.75 Å². The summed E-state index contributed by atoms with van der Waals surface area (Å²) < 4.78 is 5.79. The minimum atomic E-state index is -0.453. The molecule has 0 saturated heterocycles. The SMILES string of the molecule is O=C(Nc1ccccc1OCC1CC1)NC(CO)c1ccccc1. The predicted octanol–water partition coefficient (Wildman–Crippen LogP) is 3.33. The van der Waals surface area contributed by atoms with Gasteiger partial charge in [-0.3, -0.25) is 0 Å². The van der Waals surface area contributed by atoms with E-state index in [1.54, 1.807) is 6.07 Å². The Kier molecular flexibility index (Phi) is 5.33. The first-order valence-corrected chi connectivity index (χ1v) is 8.21. The maximum absolute atomic E-state index is 12.3. The summed E-state index contributed by atoms with van der Waals surface area (Å²) in [6.45, 7) is 0.515. The van der Waals surface area contributed by atoms with Crippen molar-refractivity contribution >= 4 is 11.7 Å². The van der Waals surface area contributed by atoms with Crippen LogP contribution in [0.1, 0.15) is 24.4 Å². The second kappa shape index (κ2) is 7.84. The molecular weight excluding hydrogens is 304 g/mol. The van der Waals surface area contributed by atoms with Crippen molar-refractivity contribution in [2.75, 3.05) is 18.5 Å². The van der Waals surface area contributed by atoms with Gasteiger partial charge in [0.2, 0.25) is 0 Å². The number of aliphatic hydroxyl groups excluding tert-OH is 1. The van der Waals surface area contributed by atoms with Gasteiger partial charge in [-0.05, 0) is 36.5 Å². The summed E-state index contributed by atoms with van der Waals surface area (Å²) in [6.07, 6.45) is 2.43. The molecule has 0 bridgehead atoms. The van der Waals surface area contributed by atoms with Gasteiger partial charge in [-0.2, -0.15) is 0 Å². The maximum Gasteiger partial charge on any atom is 0.319 e. The second-order valence-electron chi connectivity index (χ2n) is 5.99. The first-order valence-electron chi connectivity index (χ1n) is 8.21. The number of hydrogen-bond acceptors (Lipinski definition) is 3. The monoisotopic (exact) mass is 326 g/mol. The van der Waals surface area contributed by atoms with E-state index in [4.69, 9.17) is 4.74 Å². The number of para-hydroxylation sites is 2. The van der Waals surface area contributed by atoms with Gasteiger partial charge in [-0.1, -0.05) is 42.5 Å². The Morgan fingerprint density at radius 2 is 1.83 bits per heavy atom. The summed E-state index contributed by atoms with van der Waals surface area (Å²) in [6, 6.07) is 15.9. The van der Waals surface area contributed by atoms with Gasteiger partial charge in [-0.25, -0.2) is 4.79 Å². The van der Waals surface area contributed by atoms with Crippen LogP contribution in [0.3, 0.4) is 0 Å². The summed E-state index contributed by atoms with van der Waals surface area (Å²) in [5, 5.41) is 15.1. The molecule has 24 heavy (non-hydrogen) atoms. The van der Waals surface area contributed by atoms with Crippen molar-refractivity contribution in [1.29, 1.82) is 0 Å². The number of benzene rings is 2. The molecule has 1 aliphatic carbocycles. The van der Waals surface area contributed by atoms with Gasteiger partial charge in [0.1, 0.15) is 5.75 Å². The molecule has 2 amide bonds. The number of carbonyl (C=O) groups excluding carboxylic acids is 1. The van der Waals surface area contributed by atoms with Crippen LogP contribution in [-0.2, 0) is 0 Å². The zero-order valence-corrected chi connectivity index (χ0v) is 13.4. The zero-order chi connectivity index (χ0) is 16.8. The molecule has 1 atom stereocenters. The van der Waals surface area contributed by atoms with Crippen LogP contribution < -0.4 is 15.4 Å². The topological polar surface area (TPSA) is 70.6 Å². The van der Waals surface area contributed by atoms with E-state index in [2.05, 4.69) is 10.6 Å². The fourth-order valence-electron chi connectivity index (χ4n) is 2.42. The largest absolute Gasteiger partial charge is 0.491 e. The van der Waals surface area contributed by atoms with E-state index in [1.807, 2.05) is 48.5 Å². The van der Waals surface area contributed by atoms with E-state index in [0.29, 0.717) is 24.0 Å². The standard InChI is InChI=1S/C19H22N2O3/c22-12-17(15-6-2-1-3-7-15)21-19(23)20-16-8-4-5-9-18(16)24-13-14-10-11-14/h1-9,14,17,22H,10-13H2,(H2,20,21,23). The summed E-state index contributed by atoms with van der Waals surface area (Å²) >= 11 is 0. The van der Waals surface area contributed by atoms with Crippen LogP contribution in [0, 0.1) is 5.92 Å². The number of amides is 2. The van der Waals surface area contributed by atoms with Gasteiger partial charge in [0.25, 0.3) is 0 Å². The minimum absolute atomic E-state index is 0.169. The lowest BCUT2D eigenvalue weighted by molar-refractivity contribution is 0.225. The van der Waals surface area contributed by atoms with E-state index in [1.165, 1.54) is 12.8 Å². The smallest absolute Gasteiger partial charge is 0.319 e. The third-order valence-corrected chi connectivity index (χ3v) is 4.00. The average molecular weight is 326 g/mol. The fourth-order valence-corrected chi connectivity index (χ4v) is 2.42. The highest BCUT2D eigenvalue weighted by Crippen LogP contribution is 2.31. The normalized spacial score (nSPS) is 14.7. The minimum Gasteiger partial charge on any atom is -0.491 e. The van der Waals surface area contributed by atoms with Gasteiger partial charge in [0.05, 0.1) is 24.9 Å². The third kappa shape index (κ3) is 4.49. The number of hydrogen-bond donors (Lipinski definition) is 3. The number of anilines is 1. The molecule has 5 heteroatoms. The highest BCUT2D eigenvalue weighted by atomic mass is 16.5. The van der Waals surface area contributed by atoms with Crippen LogP contribution in [0.15, 0.2) is 54.6 Å². The van der Waals surface area contributed by atoms with Gasteiger partial charge < -0.3 is 20.5 Å². The Labute approximate surface area is 141 Å². The van der Waals surface area contributed by atoms with Crippen LogP contribution in [-0.4, -0.2) is 24.4 Å². The maximum atomic E-state index is 12.3. The van der Waals surface area contributed by atoms with E-state index in [0.717, 1.165) is 5.56 Å². The Balaban J connectivity index is 1.61. The lowest BCUT2D eigenvalue weighted by atomic mass is 10.1. The summed E-state index contributed by atoms with van der Waals surface area (Å²) in [4.78, 5) is 12.3. The summed E-state index contributed by atoms with van der Waals surface area (Å²) in [5.41, 5.74) is 1.48. The quantitative estimate of drug-likeness (QED) is 0.731. The molecule has 0 radical (unpaired) electrons. The van der Waals surface area contributed by atoms with Crippen LogP contribution in [0.25, 0.3) is 0 Å². The molecule has 1 fully saturated rings. The Morgan fingerprint density at radius 1 is 1.12 bits per heavy atom. The first-order chi connectivity index (χ1) is 11.8. The van der Waals surface area contributed by atoms with Gasteiger partial charge in [0.15, 0.2) is 0 Å². The van der Waals surface area contributed by atoms with Crippen molar-refractivity contribution in [2.24, 2.45) is 5.92 Å². The molecule has 5 nitrogen and oxygen atoms in total. The number of carbonyl (C=O) groups is 1. The highest BCUT2D eigenvalue weighted by Gasteiger charge is 2.22. The molecule has 1 unspecified atom stereocenters. The zero-order valence-electron chi connectivity index (χ0n) is 13.4. The number of urea groups is 1. The van der Waals surface area contributed by atoms with Crippen molar-refractivity contribution in [1.82, 2.24) is 5.32 Å². The third-order valence-electron chi connectivity index (χ3n) is 4.00. The molecule has 3 rings (SSSR count). The molecule has 0 spiro atoms. The molecule has 3 N–H and O–H groups in total. The van der Waals surface area contributed by atoms with Gasteiger partial charge >= 0.3 is 6.03 Å². The molecule has 0 heterocycles. The molecular formula is C19H22N2O3. The number of ether oxygens (including phenoxy) is 1. The number of nitrogens with one attached hydrogen (secondary N) is 2. The number of rotatable bonds is 7. The van der Waals surface area contributed by atoms with Crippen LogP contribution in [0.2, 0.25) is 0 Å². The van der Waals surface area contributed by atoms with Crippen molar-refractivity contribution in [2.45, 2.75) is 18.9 Å². The van der Waals surface area contributed by atoms with Crippen molar-refractivity contribution in [3.8, 4) is 5.75 Å². The van der Waals surface area contributed by atoms with E-state index < -0.39 is 6.04 Å². The average Bonchev–Trinajstić information content (AvgIpc) is 3.44. The fraction of sp³-hybridized carbons (Fsp3) is 0.316. The molecule has 1 saturated carbocycles. The molecule has 0 aromatic heterocycles. The van der Waals surface area contributed by atoms with E-state index in [9.17, 15) is 9.90 Å². The van der Waals surface area contributed by atoms with Crippen LogP contribution >= 0.6 is 0 Å². The van der Waals surface area contributed by atoms with Crippen molar-refractivity contribution < 1.29 is 14.6 Å². The van der Waals surface area contributed by atoms with Crippen LogP contribution in [0.4, 0.5) is 10.5 Å². The summed E-state index contributed by atoms with van der Waals surface area (Å²) in [7, 11) is 0. The first kappa shape index (κ1) is 16.3. The predicted molar refractivity (Wildman–Crippen MR) is 93.1 cm³/mol. The van der Waals surface area contributed by atoms with Gasteiger partial charge in [-0.15, -0.1) is 0 Å². The molecule has 2 aromatic rings. The summed E-state index contributed by atoms with van der Waals surface area (Å²) in [5.74, 6) is 1.31. The van der Waals surface area contributed by atoms with Gasteiger partial charge in [0, 0.05) is 0 Å². The van der Waals surface area contributed by atoms with Crippen molar-refractivity contribution in [3.63, 3.8) is 0 Å². The Bertz CT molecular complexity index is 671. The van der Waals surface area contributed by atoms with Crippen molar-refractivity contribution in [3.05, 3.63) is 60.2 Å². The molecule has 0 aliphatic heterocycles. The van der Waals surface area contributed by atoms with E-state index in [-0.39, 0.29) is 12.6 Å².